The predicted octanol–water partition coefficient (Wildman–Crippen LogP) is 3.11. The third-order valence-electron chi connectivity index (χ3n) is 4.61. The number of hydrogen-bond acceptors (Lipinski definition) is 6. The average molecular weight is 441 g/mol. The number of ether oxygens (including phenoxy) is 2. The zero-order chi connectivity index (χ0) is 23.6. The minimum atomic E-state index is -1.14. The molecule has 3 N–H and O–H groups in total. The van der Waals surface area contributed by atoms with Crippen LogP contribution in [0.5, 0.6) is 0 Å². The molecule has 32 heavy (non-hydrogen) atoms. The Bertz CT molecular complexity index is 878. The number of rotatable bonds is 10. The molecule has 2 atom stereocenters. The van der Waals surface area contributed by atoms with Gasteiger partial charge in [-0.3, -0.25) is 9.59 Å². The molecular weight excluding hydrogens is 408 g/mol. The van der Waals surface area contributed by atoms with Crippen molar-refractivity contribution in [2.24, 2.45) is 11.1 Å². The minimum Gasteiger partial charge on any atom is -0.461 e. The van der Waals surface area contributed by atoms with Crippen LogP contribution in [0.2, 0.25) is 0 Å². The third kappa shape index (κ3) is 9.31. The fourth-order valence-corrected chi connectivity index (χ4v) is 2.98. The van der Waals surface area contributed by atoms with E-state index in [1.54, 1.807) is 0 Å². The van der Waals surface area contributed by atoms with E-state index >= 15 is 0 Å². The molecule has 2 rings (SSSR count). The summed E-state index contributed by atoms with van der Waals surface area (Å²) in [4.78, 5) is 37.3. The normalized spacial score (nSPS) is 13.0. The van der Waals surface area contributed by atoms with E-state index in [1.165, 1.54) is 0 Å². The molecule has 1 amide bonds. The van der Waals surface area contributed by atoms with Crippen molar-refractivity contribution < 1.29 is 23.9 Å². The number of carbonyl (C=O) groups is 3. The second kappa shape index (κ2) is 12.0. The highest BCUT2D eigenvalue weighted by Crippen LogP contribution is 2.22. The number of esters is 2. The Balaban J connectivity index is 1.89. The molecule has 2 aromatic carbocycles. The lowest BCUT2D eigenvalue weighted by atomic mass is 9.88. The molecule has 0 heterocycles. The Morgan fingerprint density at radius 2 is 1.38 bits per heavy atom. The van der Waals surface area contributed by atoms with Crippen LogP contribution in [0.3, 0.4) is 0 Å². The molecule has 0 aliphatic carbocycles. The topological polar surface area (TPSA) is 108 Å². The van der Waals surface area contributed by atoms with Gasteiger partial charge in [-0.2, -0.15) is 0 Å². The van der Waals surface area contributed by atoms with E-state index in [9.17, 15) is 14.4 Å². The lowest BCUT2D eigenvalue weighted by Crippen LogP contribution is -2.50. The van der Waals surface area contributed by atoms with Crippen LogP contribution in [0.15, 0.2) is 60.7 Å². The Labute approximate surface area is 189 Å². The number of benzene rings is 2. The molecule has 0 saturated heterocycles. The molecule has 0 aliphatic heterocycles. The molecule has 0 bridgehead atoms. The summed E-state index contributed by atoms with van der Waals surface area (Å²) in [5, 5.41) is 2.64. The maximum atomic E-state index is 12.7. The van der Waals surface area contributed by atoms with Crippen molar-refractivity contribution in [2.45, 2.75) is 58.9 Å². The van der Waals surface area contributed by atoms with Crippen molar-refractivity contribution in [1.82, 2.24) is 5.32 Å². The summed E-state index contributed by atoms with van der Waals surface area (Å²) in [6, 6.07) is 16.5. The van der Waals surface area contributed by atoms with E-state index in [0.29, 0.717) is 6.42 Å². The summed E-state index contributed by atoms with van der Waals surface area (Å²) >= 11 is 0. The second-order valence-electron chi connectivity index (χ2n) is 8.88. The lowest BCUT2D eigenvalue weighted by Gasteiger charge is -2.26. The van der Waals surface area contributed by atoms with E-state index in [2.05, 4.69) is 5.32 Å². The molecule has 0 unspecified atom stereocenters. The van der Waals surface area contributed by atoms with Crippen LogP contribution in [0.1, 0.15) is 44.7 Å². The molecule has 0 aliphatic rings. The fraction of sp³-hybridized carbons (Fsp3) is 0.400. The fourth-order valence-electron chi connectivity index (χ4n) is 2.98. The number of hydrogen-bond donors (Lipinski definition) is 2. The molecule has 172 valence electrons. The standard InChI is InChI=1S/C25H32N2O5/c1-25(2,3)15-21(24(30)32-17-19-12-8-5-9-13-19)27-23(29)20(26)14-22(28)31-16-18-10-6-4-7-11-18/h4-13,20-21H,14-17,26H2,1-3H3,(H,27,29)/t20-,21-/m0/s1. The SMILES string of the molecule is CC(C)(C)C[C@H](NC(=O)[C@@H](N)CC(=O)OCc1ccccc1)C(=O)OCc1ccccc1. The summed E-state index contributed by atoms with van der Waals surface area (Å²) in [5.74, 6) is -1.74. The number of nitrogens with two attached hydrogens (primary N) is 1. The van der Waals surface area contributed by atoms with Crippen LogP contribution < -0.4 is 11.1 Å². The van der Waals surface area contributed by atoms with Crippen LogP contribution in [0, 0.1) is 5.41 Å². The Hall–Kier alpha value is -3.19. The first-order chi connectivity index (χ1) is 15.1. The highest BCUT2D eigenvalue weighted by atomic mass is 16.5. The molecule has 0 saturated carbocycles. The molecule has 0 spiro atoms. The maximum Gasteiger partial charge on any atom is 0.328 e. The first-order valence-electron chi connectivity index (χ1n) is 10.6. The van der Waals surface area contributed by atoms with Gasteiger partial charge in [-0.05, 0) is 23.0 Å². The van der Waals surface area contributed by atoms with Crippen LogP contribution >= 0.6 is 0 Å². The minimum absolute atomic E-state index is 0.104. The van der Waals surface area contributed by atoms with Crippen molar-refractivity contribution in [1.29, 1.82) is 0 Å². The highest BCUT2D eigenvalue weighted by molar-refractivity contribution is 5.90. The largest absolute Gasteiger partial charge is 0.461 e. The van der Waals surface area contributed by atoms with Crippen LogP contribution in [-0.2, 0) is 37.1 Å². The molecular formula is C25H32N2O5. The van der Waals surface area contributed by atoms with Gasteiger partial charge in [0.25, 0.3) is 0 Å². The number of amides is 1. The van der Waals surface area contributed by atoms with Gasteiger partial charge in [-0.25, -0.2) is 4.79 Å². The van der Waals surface area contributed by atoms with E-state index < -0.39 is 29.9 Å². The number of carbonyl (C=O) groups excluding carboxylic acids is 3. The van der Waals surface area contributed by atoms with Crippen molar-refractivity contribution >= 4 is 17.8 Å². The summed E-state index contributed by atoms with van der Waals surface area (Å²) in [6.45, 7) is 6.08. The molecule has 0 radical (unpaired) electrons. The van der Waals surface area contributed by atoms with E-state index in [1.807, 2.05) is 81.4 Å². The van der Waals surface area contributed by atoms with Crippen LogP contribution in [0.25, 0.3) is 0 Å². The summed E-state index contributed by atoms with van der Waals surface area (Å²) < 4.78 is 10.6. The molecule has 7 nitrogen and oxygen atoms in total. The van der Waals surface area contributed by atoms with Crippen LogP contribution in [0.4, 0.5) is 0 Å². The van der Waals surface area contributed by atoms with Gasteiger partial charge in [0, 0.05) is 0 Å². The zero-order valence-corrected chi connectivity index (χ0v) is 18.9. The second-order valence-corrected chi connectivity index (χ2v) is 8.88. The van der Waals surface area contributed by atoms with Gasteiger partial charge < -0.3 is 20.5 Å². The smallest absolute Gasteiger partial charge is 0.328 e. The molecule has 0 aromatic heterocycles. The van der Waals surface area contributed by atoms with Crippen molar-refractivity contribution in [2.75, 3.05) is 0 Å². The Morgan fingerprint density at radius 1 is 0.875 bits per heavy atom. The molecule has 2 aromatic rings. The lowest BCUT2D eigenvalue weighted by molar-refractivity contribution is -0.150. The van der Waals surface area contributed by atoms with Crippen molar-refractivity contribution in [3.63, 3.8) is 0 Å². The van der Waals surface area contributed by atoms with Gasteiger partial charge in [-0.1, -0.05) is 81.4 Å². The first-order valence-corrected chi connectivity index (χ1v) is 10.6. The van der Waals surface area contributed by atoms with E-state index in [4.69, 9.17) is 15.2 Å². The zero-order valence-electron chi connectivity index (χ0n) is 18.9. The average Bonchev–Trinajstić information content (AvgIpc) is 2.76. The Morgan fingerprint density at radius 3 is 1.88 bits per heavy atom. The highest BCUT2D eigenvalue weighted by Gasteiger charge is 2.30. The summed E-state index contributed by atoms with van der Waals surface area (Å²) in [5.41, 5.74) is 7.34. The molecule has 7 heteroatoms. The van der Waals surface area contributed by atoms with Gasteiger partial charge in [0.1, 0.15) is 19.3 Å². The maximum absolute atomic E-state index is 12.7. The monoisotopic (exact) mass is 440 g/mol. The predicted molar refractivity (Wildman–Crippen MR) is 121 cm³/mol. The molecule has 0 fully saturated rings. The van der Waals surface area contributed by atoms with E-state index in [0.717, 1.165) is 11.1 Å². The van der Waals surface area contributed by atoms with Crippen LogP contribution in [-0.4, -0.2) is 29.9 Å². The van der Waals surface area contributed by atoms with E-state index in [-0.39, 0.29) is 25.0 Å². The van der Waals surface area contributed by atoms with Gasteiger partial charge in [0.15, 0.2) is 0 Å². The quantitative estimate of drug-likeness (QED) is 0.550. The third-order valence-corrected chi connectivity index (χ3v) is 4.61. The van der Waals surface area contributed by atoms with Gasteiger partial charge in [0.05, 0.1) is 12.5 Å². The van der Waals surface area contributed by atoms with Gasteiger partial charge >= 0.3 is 11.9 Å². The van der Waals surface area contributed by atoms with Gasteiger partial charge in [0.2, 0.25) is 5.91 Å². The Kier molecular flexibility index (Phi) is 9.40. The summed E-state index contributed by atoms with van der Waals surface area (Å²) in [6.07, 6.45) is 0.0670. The summed E-state index contributed by atoms with van der Waals surface area (Å²) in [7, 11) is 0. The number of nitrogens with one attached hydrogen (secondary N) is 1. The first kappa shape index (κ1) is 25.1. The van der Waals surface area contributed by atoms with Crippen molar-refractivity contribution in [3.05, 3.63) is 71.8 Å². The van der Waals surface area contributed by atoms with Crippen molar-refractivity contribution in [3.8, 4) is 0 Å². The van der Waals surface area contributed by atoms with Gasteiger partial charge in [-0.15, -0.1) is 0 Å².